The molecule has 0 saturated carbocycles. The minimum atomic E-state index is -0.472. The summed E-state index contributed by atoms with van der Waals surface area (Å²) in [5.41, 5.74) is 0.363. The fourth-order valence-electron chi connectivity index (χ4n) is 2.71. The summed E-state index contributed by atoms with van der Waals surface area (Å²) in [7, 11) is 1.31. The zero-order valence-corrected chi connectivity index (χ0v) is 17.2. The third kappa shape index (κ3) is 3.81. The topological polar surface area (TPSA) is 70.4 Å². The van der Waals surface area contributed by atoms with Crippen LogP contribution in [0.1, 0.15) is 21.1 Å². The quantitative estimate of drug-likeness (QED) is 0.570. The molecule has 2 heterocycles. The van der Waals surface area contributed by atoms with Crippen molar-refractivity contribution in [3.05, 3.63) is 54.9 Å². The van der Waals surface area contributed by atoms with E-state index >= 15 is 0 Å². The van der Waals surface area contributed by atoms with Gasteiger partial charge < -0.3 is 9.47 Å². The number of benzene rings is 1. The molecule has 9 heteroatoms. The van der Waals surface area contributed by atoms with E-state index in [-0.39, 0.29) is 18.7 Å². The molecule has 0 unspecified atom stereocenters. The Morgan fingerprint density at radius 2 is 2.04 bits per heavy atom. The Hall–Kier alpha value is -2.09. The molecule has 0 aliphatic heterocycles. The van der Waals surface area contributed by atoms with Gasteiger partial charge in [0, 0.05) is 5.02 Å². The lowest BCUT2D eigenvalue weighted by atomic mass is 10.2. The average molecular weight is 427 g/mol. The van der Waals surface area contributed by atoms with Crippen LogP contribution in [0.5, 0.6) is 5.75 Å². The molecule has 0 fully saturated rings. The monoisotopic (exact) mass is 426 g/mol. The summed E-state index contributed by atoms with van der Waals surface area (Å²) in [5, 5.41) is 1.34. The van der Waals surface area contributed by atoms with Gasteiger partial charge in [0.2, 0.25) is 0 Å². The zero-order chi connectivity index (χ0) is 19.7. The lowest BCUT2D eigenvalue weighted by molar-refractivity contribution is 0.0605. The Balaban J connectivity index is 1.89. The maximum Gasteiger partial charge on any atom is 0.348 e. The number of aryl methyl sites for hydroxylation is 2. The van der Waals surface area contributed by atoms with Crippen LogP contribution in [0, 0.1) is 13.8 Å². The largest absolute Gasteiger partial charge is 0.490 e. The Bertz CT molecular complexity index is 1090. The first kappa shape index (κ1) is 19.7. The van der Waals surface area contributed by atoms with Crippen molar-refractivity contribution >= 4 is 50.7 Å². The van der Waals surface area contributed by atoms with Crippen LogP contribution in [0.4, 0.5) is 0 Å². The number of hydrogen-bond donors (Lipinski definition) is 0. The van der Waals surface area contributed by atoms with E-state index in [9.17, 15) is 9.59 Å². The van der Waals surface area contributed by atoms with E-state index < -0.39 is 5.97 Å². The van der Waals surface area contributed by atoms with Crippen molar-refractivity contribution in [2.75, 3.05) is 13.7 Å². The van der Waals surface area contributed by atoms with Gasteiger partial charge in [0.25, 0.3) is 5.56 Å². The Kier molecular flexibility index (Phi) is 5.74. The standard InChI is InChI=1S/C18H16Cl2N2O4S/c1-9-14-16(27-15(9)18(24)25-3)21-10(2)22(17(14)23)6-7-26-13-5-4-11(19)8-12(13)20/h4-5,8H,6-7H2,1-3H3. The van der Waals surface area contributed by atoms with Gasteiger partial charge in [-0.05, 0) is 37.6 Å². The highest BCUT2D eigenvalue weighted by atomic mass is 35.5. The van der Waals surface area contributed by atoms with Crippen molar-refractivity contribution in [2.24, 2.45) is 0 Å². The lowest BCUT2D eigenvalue weighted by Gasteiger charge is -2.12. The van der Waals surface area contributed by atoms with Gasteiger partial charge in [0.15, 0.2) is 0 Å². The van der Waals surface area contributed by atoms with Crippen LogP contribution in [0.25, 0.3) is 10.2 Å². The predicted octanol–water partition coefficient (Wildman–Crippen LogP) is 4.25. The van der Waals surface area contributed by atoms with Gasteiger partial charge in [0.05, 0.1) is 24.1 Å². The normalized spacial score (nSPS) is 11.0. The summed E-state index contributed by atoms with van der Waals surface area (Å²) in [6.07, 6.45) is 0. The highest BCUT2D eigenvalue weighted by Gasteiger charge is 2.21. The van der Waals surface area contributed by atoms with Crippen molar-refractivity contribution in [1.82, 2.24) is 9.55 Å². The van der Waals surface area contributed by atoms with Crippen molar-refractivity contribution in [1.29, 1.82) is 0 Å². The second-order valence-corrected chi connectivity index (χ2v) is 7.61. The second-order valence-electron chi connectivity index (χ2n) is 5.77. The number of esters is 1. The molecule has 0 amide bonds. The maximum atomic E-state index is 12.9. The van der Waals surface area contributed by atoms with E-state index in [2.05, 4.69) is 4.98 Å². The number of fused-ring (bicyclic) bond motifs is 1. The molecule has 1 aromatic carbocycles. The number of thiophene rings is 1. The second kappa shape index (κ2) is 7.88. The molecule has 0 atom stereocenters. The summed E-state index contributed by atoms with van der Waals surface area (Å²) < 4.78 is 12.0. The fraction of sp³-hybridized carbons (Fsp3) is 0.278. The van der Waals surface area contributed by atoms with E-state index in [1.54, 1.807) is 32.0 Å². The molecule has 142 valence electrons. The van der Waals surface area contributed by atoms with Crippen LogP contribution in [-0.2, 0) is 11.3 Å². The minimum Gasteiger partial charge on any atom is -0.490 e. The molecule has 3 rings (SSSR count). The van der Waals surface area contributed by atoms with E-state index in [0.29, 0.717) is 42.3 Å². The molecule has 0 bridgehead atoms. The number of carbonyl (C=O) groups excluding carboxylic acids is 1. The molecule has 0 radical (unpaired) electrons. The highest BCUT2D eigenvalue weighted by molar-refractivity contribution is 7.20. The number of ether oxygens (including phenoxy) is 2. The SMILES string of the molecule is COC(=O)c1sc2nc(C)n(CCOc3ccc(Cl)cc3Cl)c(=O)c2c1C. The number of rotatable bonds is 5. The van der Waals surface area contributed by atoms with Crippen LogP contribution >= 0.6 is 34.5 Å². The average Bonchev–Trinajstić information content (AvgIpc) is 2.95. The number of methoxy groups -OCH3 is 1. The van der Waals surface area contributed by atoms with Gasteiger partial charge in [-0.1, -0.05) is 23.2 Å². The first-order valence-electron chi connectivity index (χ1n) is 8.00. The molecule has 0 aliphatic rings. The third-order valence-corrected chi connectivity index (χ3v) is 5.77. The number of carbonyl (C=O) groups is 1. The summed E-state index contributed by atoms with van der Waals surface area (Å²) in [6.45, 7) is 3.97. The number of aromatic nitrogens is 2. The summed E-state index contributed by atoms with van der Waals surface area (Å²) in [6, 6.07) is 4.94. The number of halogens is 2. The van der Waals surface area contributed by atoms with Gasteiger partial charge in [-0.3, -0.25) is 9.36 Å². The summed E-state index contributed by atoms with van der Waals surface area (Å²) in [4.78, 5) is 30.2. The van der Waals surface area contributed by atoms with Gasteiger partial charge >= 0.3 is 5.97 Å². The smallest absolute Gasteiger partial charge is 0.348 e. The lowest BCUT2D eigenvalue weighted by Crippen LogP contribution is -2.26. The molecule has 6 nitrogen and oxygen atoms in total. The summed E-state index contributed by atoms with van der Waals surface area (Å²) in [5.74, 6) is 0.552. The molecule has 3 aromatic rings. The van der Waals surface area contributed by atoms with Crippen molar-refractivity contribution in [3.8, 4) is 5.75 Å². The highest BCUT2D eigenvalue weighted by Crippen LogP contribution is 2.29. The Labute approximate surface area is 169 Å². The van der Waals surface area contributed by atoms with Gasteiger partial charge in [0.1, 0.15) is 27.9 Å². The molecule has 0 aliphatic carbocycles. The van der Waals surface area contributed by atoms with Crippen LogP contribution < -0.4 is 10.3 Å². The molecule has 0 N–H and O–H groups in total. The van der Waals surface area contributed by atoms with Crippen molar-refractivity contribution in [3.63, 3.8) is 0 Å². The number of nitrogens with zero attached hydrogens (tertiary/aromatic N) is 2. The zero-order valence-electron chi connectivity index (χ0n) is 14.8. The number of hydrogen-bond acceptors (Lipinski definition) is 6. The van der Waals surface area contributed by atoms with E-state index in [0.717, 1.165) is 11.3 Å². The van der Waals surface area contributed by atoms with Crippen LogP contribution in [0.3, 0.4) is 0 Å². The third-order valence-electron chi connectivity index (χ3n) is 4.08. The summed E-state index contributed by atoms with van der Waals surface area (Å²) >= 11 is 13.1. The van der Waals surface area contributed by atoms with Gasteiger partial charge in [-0.15, -0.1) is 11.3 Å². The Morgan fingerprint density at radius 3 is 2.70 bits per heavy atom. The molecule has 2 aromatic heterocycles. The van der Waals surface area contributed by atoms with E-state index in [4.69, 9.17) is 32.7 Å². The van der Waals surface area contributed by atoms with Crippen LogP contribution in [0.15, 0.2) is 23.0 Å². The van der Waals surface area contributed by atoms with Crippen molar-refractivity contribution < 1.29 is 14.3 Å². The minimum absolute atomic E-state index is 0.216. The first-order chi connectivity index (χ1) is 12.8. The van der Waals surface area contributed by atoms with Crippen molar-refractivity contribution in [2.45, 2.75) is 20.4 Å². The molecule has 0 spiro atoms. The molecule has 0 saturated heterocycles. The maximum absolute atomic E-state index is 12.9. The van der Waals surface area contributed by atoms with Gasteiger partial charge in [-0.2, -0.15) is 0 Å². The molecule has 27 heavy (non-hydrogen) atoms. The van der Waals surface area contributed by atoms with Crippen LogP contribution in [0.2, 0.25) is 10.0 Å². The van der Waals surface area contributed by atoms with Crippen LogP contribution in [-0.4, -0.2) is 29.2 Å². The van der Waals surface area contributed by atoms with E-state index in [1.165, 1.54) is 11.7 Å². The molecular formula is C18H16Cl2N2O4S. The fourth-order valence-corrected chi connectivity index (χ4v) is 4.31. The Morgan fingerprint density at radius 1 is 1.30 bits per heavy atom. The predicted molar refractivity (Wildman–Crippen MR) is 107 cm³/mol. The first-order valence-corrected chi connectivity index (χ1v) is 9.57. The van der Waals surface area contributed by atoms with Gasteiger partial charge in [-0.25, -0.2) is 9.78 Å². The molecular weight excluding hydrogens is 411 g/mol. The van der Waals surface area contributed by atoms with E-state index in [1.807, 2.05) is 0 Å².